The third kappa shape index (κ3) is 3.42. The molecule has 1 saturated carbocycles. The van der Waals surface area contributed by atoms with Gasteiger partial charge in [-0.2, -0.15) is 5.10 Å². The molecule has 1 unspecified atom stereocenters. The first-order chi connectivity index (χ1) is 15.0. The molecule has 4 aromatic rings. The van der Waals surface area contributed by atoms with Crippen LogP contribution in [0.25, 0.3) is 22.1 Å². The van der Waals surface area contributed by atoms with Gasteiger partial charge in [-0.3, -0.25) is 0 Å². The first kappa shape index (κ1) is 19.5. The number of hydrogen-bond acceptors (Lipinski definition) is 5. The van der Waals surface area contributed by atoms with E-state index in [1.807, 2.05) is 26.1 Å². The van der Waals surface area contributed by atoms with Gasteiger partial charge in [-0.05, 0) is 56.4 Å². The number of nitrogens with one attached hydrogen (secondary N) is 1. The lowest BCUT2D eigenvalue weighted by molar-refractivity contribution is 0.0698. The minimum Gasteiger partial charge on any atom is -0.478 e. The fourth-order valence-corrected chi connectivity index (χ4v) is 4.82. The molecular formula is C25H25N3O3. The normalized spacial score (nSPS) is 15.5. The third-order valence-corrected chi connectivity index (χ3v) is 6.34. The molecule has 6 nitrogen and oxygen atoms in total. The lowest BCUT2D eigenvalue weighted by Crippen LogP contribution is -2.11. The average molecular weight is 415 g/mol. The summed E-state index contributed by atoms with van der Waals surface area (Å²) >= 11 is 0. The number of rotatable bonds is 5. The van der Waals surface area contributed by atoms with Crippen LogP contribution in [0.3, 0.4) is 0 Å². The van der Waals surface area contributed by atoms with Crippen molar-refractivity contribution in [2.24, 2.45) is 0 Å². The number of anilines is 1. The van der Waals surface area contributed by atoms with Crippen molar-refractivity contribution in [3.05, 3.63) is 64.8 Å². The van der Waals surface area contributed by atoms with Gasteiger partial charge in [0.15, 0.2) is 5.58 Å². The van der Waals surface area contributed by atoms with Crippen molar-refractivity contribution in [1.82, 2.24) is 10.2 Å². The van der Waals surface area contributed by atoms with Crippen LogP contribution in [0.15, 0.2) is 47.0 Å². The van der Waals surface area contributed by atoms with Crippen molar-refractivity contribution >= 4 is 33.7 Å². The molecular weight excluding hydrogens is 390 g/mol. The zero-order valence-corrected chi connectivity index (χ0v) is 17.7. The Kier molecular flexibility index (Phi) is 4.85. The van der Waals surface area contributed by atoms with E-state index in [0.29, 0.717) is 11.6 Å². The van der Waals surface area contributed by atoms with Crippen LogP contribution in [-0.2, 0) is 0 Å². The molecule has 5 rings (SSSR count). The zero-order chi connectivity index (χ0) is 21.5. The van der Waals surface area contributed by atoms with Crippen molar-refractivity contribution in [3.63, 3.8) is 0 Å². The van der Waals surface area contributed by atoms with Gasteiger partial charge in [0.25, 0.3) is 0 Å². The zero-order valence-electron chi connectivity index (χ0n) is 17.7. The number of carboxylic acids is 1. The van der Waals surface area contributed by atoms with Crippen LogP contribution < -0.4 is 5.32 Å². The summed E-state index contributed by atoms with van der Waals surface area (Å²) < 4.78 is 6.46. The molecule has 0 bridgehead atoms. The molecule has 0 amide bonds. The molecule has 158 valence electrons. The number of aryl methyl sites for hydroxylation is 1. The summed E-state index contributed by atoms with van der Waals surface area (Å²) in [7, 11) is 0. The molecule has 2 aromatic heterocycles. The molecule has 2 heterocycles. The number of benzene rings is 2. The van der Waals surface area contributed by atoms with Crippen molar-refractivity contribution in [2.75, 3.05) is 5.32 Å². The maximum atomic E-state index is 11.6. The molecule has 6 heteroatoms. The van der Waals surface area contributed by atoms with Gasteiger partial charge < -0.3 is 14.8 Å². The first-order valence-electron chi connectivity index (χ1n) is 10.8. The molecule has 1 aliphatic carbocycles. The van der Waals surface area contributed by atoms with Crippen molar-refractivity contribution in [2.45, 2.75) is 51.5 Å². The number of aromatic nitrogens is 2. The number of carboxylic acid groups (broad SMARTS) is 1. The van der Waals surface area contributed by atoms with Gasteiger partial charge in [-0.1, -0.05) is 31.0 Å². The van der Waals surface area contributed by atoms with Crippen LogP contribution in [0.5, 0.6) is 0 Å². The fourth-order valence-electron chi connectivity index (χ4n) is 4.82. The Morgan fingerprint density at radius 3 is 2.74 bits per heavy atom. The Morgan fingerprint density at radius 1 is 1.19 bits per heavy atom. The lowest BCUT2D eigenvalue weighted by atomic mass is 9.98. The summed E-state index contributed by atoms with van der Waals surface area (Å²) in [6, 6.07) is 11.0. The smallest absolute Gasteiger partial charge is 0.337 e. The summed E-state index contributed by atoms with van der Waals surface area (Å²) in [4.78, 5) is 11.6. The van der Waals surface area contributed by atoms with Crippen LogP contribution in [-0.4, -0.2) is 21.3 Å². The molecule has 2 N–H and O–H groups in total. The predicted molar refractivity (Wildman–Crippen MR) is 121 cm³/mol. The summed E-state index contributed by atoms with van der Waals surface area (Å²) in [5, 5.41) is 22.6. The second-order valence-corrected chi connectivity index (χ2v) is 8.51. The quantitative estimate of drug-likeness (QED) is 0.403. The van der Waals surface area contributed by atoms with E-state index in [4.69, 9.17) is 4.42 Å². The van der Waals surface area contributed by atoms with Gasteiger partial charge in [0.2, 0.25) is 0 Å². The number of aromatic carboxylic acids is 1. The summed E-state index contributed by atoms with van der Waals surface area (Å²) in [6.45, 7) is 4.07. The topological polar surface area (TPSA) is 88.2 Å². The molecule has 2 aromatic carbocycles. The number of fused-ring (bicyclic) bond motifs is 3. The Balaban J connectivity index is 1.63. The Morgan fingerprint density at radius 2 is 1.97 bits per heavy atom. The molecule has 1 fully saturated rings. The minimum atomic E-state index is -0.954. The van der Waals surface area contributed by atoms with E-state index in [9.17, 15) is 9.90 Å². The lowest BCUT2D eigenvalue weighted by Gasteiger charge is -2.18. The minimum absolute atomic E-state index is 0.161. The molecule has 0 saturated heterocycles. The summed E-state index contributed by atoms with van der Waals surface area (Å²) in [5.41, 5.74) is 6.48. The highest BCUT2D eigenvalue weighted by Gasteiger charge is 2.25. The van der Waals surface area contributed by atoms with Gasteiger partial charge in [-0.25, -0.2) is 4.79 Å². The molecule has 0 spiro atoms. The van der Waals surface area contributed by atoms with Crippen LogP contribution >= 0.6 is 0 Å². The van der Waals surface area contributed by atoms with E-state index < -0.39 is 5.97 Å². The number of carbonyl (C=O) groups is 1. The highest BCUT2D eigenvalue weighted by molar-refractivity contribution is 6.05. The summed E-state index contributed by atoms with van der Waals surface area (Å²) in [5.74, 6) is -0.481. The number of para-hydroxylation sites is 1. The second kappa shape index (κ2) is 7.69. The van der Waals surface area contributed by atoms with E-state index in [1.54, 1.807) is 18.2 Å². The number of furan rings is 1. The monoisotopic (exact) mass is 415 g/mol. The Labute approximate surface area is 180 Å². The predicted octanol–water partition coefficient (Wildman–Crippen LogP) is 6.21. The third-order valence-electron chi connectivity index (χ3n) is 6.34. The fraction of sp³-hybridized carbons (Fsp3) is 0.320. The largest absolute Gasteiger partial charge is 0.478 e. The van der Waals surface area contributed by atoms with Crippen molar-refractivity contribution in [1.29, 1.82) is 0 Å². The van der Waals surface area contributed by atoms with E-state index in [2.05, 4.69) is 27.6 Å². The summed E-state index contributed by atoms with van der Waals surface area (Å²) in [6.07, 6.45) is 6.66. The van der Waals surface area contributed by atoms with Gasteiger partial charge in [0.1, 0.15) is 11.1 Å². The van der Waals surface area contributed by atoms with Gasteiger partial charge in [0.05, 0.1) is 17.8 Å². The van der Waals surface area contributed by atoms with Crippen LogP contribution in [0.2, 0.25) is 0 Å². The van der Waals surface area contributed by atoms with Gasteiger partial charge in [-0.15, -0.1) is 5.10 Å². The van der Waals surface area contributed by atoms with Gasteiger partial charge >= 0.3 is 5.97 Å². The van der Waals surface area contributed by atoms with Crippen LogP contribution in [0.4, 0.5) is 5.69 Å². The van der Waals surface area contributed by atoms with E-state index >= 15 is 0 Å². The molecule has 0 aliphatic heterocycles. The maximum absolute atomic E-state index is 11.6. The Bertz CT molecular complexity index is 1290. The maximum Gasteiger partial charge on any atom is 0.337 e. The Hall–Kier alpha value is -3.41. The second-order valence-electron chi connectivity index (χ2n) is 8.51. The van der Waals surface area contributed by atoms with E-state index in [0.717, 1.165) is 51.6 Å². The van der Waals surface area contributed by atoms with Crippen molar-refractivity contribution < 1.29 is 14.3 Å². The number of hydrogen-bond donors (Lipinski definition) is 2. The van der Waals surface area contributed by atoms with Crippen molar-refractivity contribution in [3.8, 4) is 0 Å². The SMILES string of the molecule is Cc1cc(C(C)Nc2ccccc2C(=O)O)c2oc3c(C4CCCC4)cnnc3c2c1. The van der Waals surface area contributed by atoms with E-state index in [1.165, 1.54) is 12.8 Å². The molecule has 1 atom stereocenters. The van der Waals surface area contributed by atoms with E-state index in [-0.39, 0.29) is 11.6 Å². The number of nitrogens with zero attached hydrogens (tertiary/aromatic N) is 2. The molecule has 0 radical (unpaired) electrons. The highest BCUT2D eigenvalue weighted by Crippen LogP contribution is 2.41. The highest BCUT2D eigenvalue weighted by atomic mass is 16.4. The average Bonchev–Trinajstić information content (AvgIpc) is 3.41. The van der Waals surface area contributed by atoms with Gasteiger partial charge in [0, 0.05) is 22.2 Å². The molecule has 31 heavy (non-hydrogen) atoms. The van der Waals surface area contributed by atoms with Crippen LogP contribution in [0.1, 0.15) is 71.6 Å². The van der Waals surface area contributed by atoms with Crippen LogP contribution in [0, 0.1) is 6.92 Å². The molecule has 1 aliphatic rings. The standard InChI is InChI=1S/C25H25N3O3/c1-14-11-18(15(2)27-21-10-6-5-9-17(21)25(29)30)23-19(12-14)22-24(31-23)20(13-26-28-22)16-7-3-4-8-16/h5-6,9-13,15-16,27H,3-4,7-8H2,1-2H3,(H,29,30). The first-order valence-corrected chi connectivity index (χ1v) is 10.8.